The molecule has 6 nitrogen and oxygen atoms in total. The van der Waals surface area contributed by atoms with Crippen LogP contribution in [0.1, 0.15) is 10.5 Å². The van der Waals surface area contributed by atoms with E-state index < -0.39 is 5.91 Å². The van der Waals surface area contributed by atoms with Crippen molar-refractivity contribution in [1.29, 1.82) is 0 Å². The highest BCUT2D eigenvalue weighted by atomic mass is 19.1. The third-order valence-electron chi connectivity index (χ3n) is 3.38. The maximum atomic E-state index is 12.8. The number of aromatic nitrogens is 2. The van der Waals surface area contributed by atoms with Crippen LogP contribution in [0, 0.1) is 5.82 Å². The quantitative estimate of drug-likeness (QED) is 0.701. The molecule has 0 saturated heterocycles. The van der Waals surface area contributed by atoms with E-state index >= 15 is 0 Å². The first-order valence-corrected chi connectivity index (χ1v) is 7.29. The molecule has 0 aliphatic rings. The Labute approximate surface area is 136 Å². The summed E-state index contributed by atoms with van der Waals surface area (Å²) in [7, 11) is 0. The second-order valence-electron chi connectivity index (χ2n) is 5.01. The largest absolute Gasteiger partial charge is 0.492 e. The van der Waals surface area contributed by atoms with E-state index in [4.69, 9.17) is 4.74 Å². The summed E-state index contributed by atoms with van der Waals surface area (Å²) in [6.07, 6.45) is 0. The first-order chi connectivity index (χ1) is 11.6. The molecule has 0 spiro atoms. The van der Waals surface area contributed by atoms with E-state index in [-0.39, 0.29) is 30.2 Å². The van der Waals surface area contributed by atoms with Gasteiger partial charge in [-0.25, -0.2) is 9.49 Å². The Bertz CT molecular complexity index is 922. The van der Waals surface area contributed by atoms with Gasteiger partial charge in [-0.05, 0) is 30.3 Å². The van der Waals surface area contributed by atoms with E-state index in [1.165, 1.54) is 24.3 Å². The van der Waals surface area contributed by atoms with Crippen molar-refractivity contribution in [1.82, 2.24) is 15.5 Å². The highest BCUT2D eigenvalue weighted by molar-refractivity contribution is 6.04. The normalized spacial score (nSPS) is 10.5. The Morgan fingerprint density at radius 2 is 1.83 bits per heavy atom. The number of carbonyl (C=O) groups excluding carboxylic acids is 1. The van der Waals surface area contributed by atoms with Crippen LogP contribution in [-0.4, -0.2) is 29.3 Å². The number of fused-ring (bicyclic) bond motifs is 1. The molecular weight excluding hydrogens is 313 g/mol. The Morgan fingerprint density at radius 1 is 1.12 bits per heavy atom. The van der Waals surface area contributed by atoms with Crippen LogP contribution in [0.3, 0.4) is 0 Å². The van der Waals surface area contributed by atoms with Gasteiger partial charge in [0.25, 0.3) is 11.5 Å². The van der Waals surface area contributed by atoms with Crippen LogP contribution in [-0.2, 0) is 0 Å². The van der Waals surface area contributed by atoms with Crippen LogP contribution in [0.5, 0.6) is 5.75 Å². The Kier molecular flexibility index (Phi) is 4.51. The number of rotatable bonds is 5. The maximum Gasteiger partial charge on any atom is 0.272 e. The summed E-state index contributed by atoms with van der Waals surface area (Å²) >= 11 is 0. The molecule has 2 aromatic carbocycles. The highest BCUT2D eigenvalue weighted by Gasteiger charge is 2.13. The number of amides is 1. The Hall–Kier alpha value is -3.22. The molecule has 0 unspecified atom stereocenters. The number of aromatic amines is 1. The van der Waals surface area contributed by atoms with Crippen LogP contribution in [0.2, 0.25) is 0 Å². The number of carbonyl (C=O) groups is 1. The van der Waals surface area contributed by atoms with Gasteiger partial charge in [-0.1, -0.05) is 18.2 Å². The molecule has 0 aliphatic carbocycles. The fraction of sp³-hybridized carbons (Fsp3) is 0.118. The molecule has 3 aromatic rings. The van der Waals surface area contributed by atoms with E-state index in [2.05, 4.69) is 15.5 Å². The zero-order valence-corrected chi connectivity index (χ0v) is 12.6. The van der Waals surface area contributed by atoms with Gasteiger partial charge in [0.2, 0.25) is 0 Å². The monoisotopic (exact) mass is 327 g/mol. The second-order valence-corrected chi connectivity index (χ2v) is 5.01. The standard InChI is InChI=1S/C17H14FN3O3/c18-11-5-7-12(8-6-11)24-10-9-19-17(23)15-13-3-1-2-4-14(13)16(22)21-20-15/h1-8H,9-10H2,(H,19,23)(H,21,22). The molecule has 24 heavy (non-hydrogen) atoms. The van der Waals surface area contributed by atoms with Gasteiger partial charge >= 0.3 is 0 Å². The van der Waals surface area contributed by atoms with Crippen molar-refractivity contribution >= 4 is 16.7 Å². The second kappa shape index (κ2) is 6.91. The first-order valence-electron chi connectivity index (χ1n) is 7.29. The van der Waals surface area contributed by atoms with Gasteiger partial charge < -0.3 is 10.1 Å². The molecule has 0 saturated carbocycles. The third kappa shape index (κ3) is 3.40. The molecule has 1 heterocycles. The summed E-state index contributed by atoms with van der Waals surface area (Å²) in [6, 6.07) is 12.4. The van der Waals surface area contributed by atoms with Crippen LogP contribution in [0.25, 0.3) is 10.8 Å². The van der Waals surface area contributed by atoms with Gasteiger partial charge in [0.15, 0.2) is 5.69 Å². The van der Waals surface area contributed by atoms with Gasteiger partial charge in [-0.3, -0.25) is 9.59 Å². The number of hydrogen-bond acceptors (Lipinski definition) is 4. The van der Waals surface area contributed by atoms with Gasteiger partial charge in [0, 0.05) is 5.39 Å². The predicted molar refractivity (Wildman–Crippen MR) is 86.6 cm³/mol. The topological polar surface area (TPSA) is 84.1 Å². The van der Waals surface area contributed by atoms with Crippen LogP contribution in [0.15, 0.2) is 53.3 Å². The van der Waals surface area contributed by atoms with E-state index in [9.17, 15) is 14.0 Å². The van der Waals surface area contributed by atoms with Gasteiger partial charge in [-0.2, -0.15) is 5.10 Å². The zero-order chi connectivity index (χ0) is 16.9. The number of H-pyrrole nitrogens is 1. The van der Waals surface area contributed by atoms with Crippen molar-refractivity contribution < 1.29 is 13.9 Å². The van der Waals surface area contributed by atoms with Gasteiger partial charge in [-0.15, -0.1) is 0 Å². The average Bonchev–Trinajstić information content (AvgIpc) is 2.60. The van der Waals surface area contributed by atoms with Crippen molar-refractivity contribution in [2.24, 2.45) is 0 Å². The smallest absolute Gasteiger partial charge is 0.272 e. The number of benzene rings is 2. The molecule has 0 radical (unpaired) electrons. The van der Waals surface area contributed by atoms with E-state index in [1.54, 1.807) is 24.3 Å². The summed E-state index contributed by atoms with van der Waals surface area (Å²) < 4.78 is 18.2. The summed E-state index contributed by atoms with van der Waals surface area (Å²) in [5, 5.41) is 9.69. The van der Waals surface area contributed by atoms with Crippen molar-refractivity contribution in [3.8, 4) is 5.75 Å². The van der Waals surface area contributed by atoms with Crippen LogP contribution < -0.4 is 15.6 Å². The minimum Gasteiger partial charge on any atom is -0.492 e. The molecule has 0 fully saturated rings. The molecule has 1 amide bonds. The number of hydrogen-bond donors (Lipinski definition) is 2. The third-order valence-corrected chi connectivity index (χ3v) is 3.38. The fourth-order valence-corrected chi connectivity index (χ4v) is 2.24. The van der Waals surface area contributed by atoms with E-state index in [0.29, 0.717) is 16.5 Å². The summed E-state index contributed by atoms with van der Waals surface area (Å²) in [4.78, 5) is 23.9. The minimum atomic E-state index is -0.412. The Balaban J connectivity index is 1.62. The molecule has 0 bridgehead atoms. The molecule has 0 atom stereocenters. The van der Waals surface area contributed by atoms with E-state index in [0.717, 1.165) is 0 Å². The molecule has 122 valence electrons. The number of ether oxygens (including phenoxy) is 1. The molecule has 0 aliphatic heterocycles. The van der Waals surface area contributed by atoms with Crippen molar-refractivity contribution in [2.75, 3.05) is 13.2 Å². The zero-order valence-electron chi connectivity index (χ0n) is 12.6. The summed E-state index contributed by atoms with van der Waals surface area (Å²) in [6.45, 7) is 0.462. The average molecular weight is 327 g/mol. The van der Waals surface area contributed by atoms with Crippen LogP contribution >= 0.6 is 0 Å². The minimum absolute atomic E-state index is 0.145. The molecule has 1 aromatic heterocycles. The maximum absolute atomic E-state index is 12.8. The number of nitrogens with zero attached hydrogens (tertiary/aromatic N) is 1. The van der Waals surface area contributed by atoms with Crippen molar-refractivity contribution in [3.05, 3.63) is 70.4 Å². The lowest BCUT2D eigenvalue weighted by Gasteiger charge is -2.08. The highest BCUT2D eigenvalue weighted by Crippen LogP contribution is 2.12. The predicted octanol–water partition coefficient (Wildman–Crippen LogP) is 1.87. The molecule has 7 heteroatoms. The summed E-state index contributed by atoms with van der Waals surface area (Å²) in [5.74, 6) is -0.241. The van der Waals surface area contributed by atoms with Crippen molar-refractivity contribution in [2.45, 2.75) is 0 Å². The van der Waals surface area contributed by atoms with Gasteiger partial charge in [0.05, 0.1) is 11.9 Å². The lowest BCUT2D eigenvalue weighted by molar-refractivity contribution is 0.0943. The van der Waals surface area contributed by atoms with Crippen LogP contribution in [0.4, 0.5) is 4.39 Å². The fourth-order valence-electron chi connectivity index (χ4n) is 2.24. The lowest BCUT2D eigenvalue weighted by Crippen LogP contribution is -2.30. The first kappa shape index (κ1) is 15.7. The molecule has 2 N–H and O–H groups in total. The SMILES string of the molecule is O=C(NCCOc1ccc(F)cc1)c1n[nH]c(=O)c2ccccc12. The molecular formula is C17H14FN3O3. The van der Waals surface area contributed by atoms with Crippen molar-refractivity contribution in [3.63, 3.8) is 0 Å². The lowest BCUT2D eigenvalue weighted by atomic mass is 10.1. The number of halogens is 1. The summed E-state index contributed by atoms with van der Waals surface area (Å²) in [5.41, 5.74) is -0.200. The van der Waals surface area contributed by atoms with Gasteiger partial charge in [0.1, 0.15) is 18.2 Å². The molecule has 3 rings (SSSR count). The number of nitrogens with one attached hydrogen (secondary N) is 2. The van der Waals surface area contributed by atoms with E-state index in [1.807, 2.05) is 0 Å². The Morgan fingerprint density at radius 3 is 2.58 bits per heavy atom.